The van der Waals surface area contributed by atoms with E-state index in [4.69, 9.17) is 14.0 Å². The first-order valence-electron chi connectivity index (χ1n) is 5.13. The molecule has 0 spiro atoms. The molecule has 7 heteroatoms. The average Bonchev–Trinajstić information content (AvgIpc) is 3.03. The van der Waals surface area contributed by atoms with E-state index in [9.17, 15) is 8.76 Å². The van der Waals surface area contributed by atoms with Gasteiger partial charge in [-0.3, -0.25) is 4.21 Å². The van der Waals surface area contributed by atoms with Crippen molar-refractivity contribution >= 4 is 11.1 Å². The fourth-order valence-corrected chi connectivity index (χ4v) is 1.33. The molecule has 0 aliphatic carbocycles. The van der Waals surface area contributed by atoms with Gasteiger partial charge in [0, 0.05) is 22.0 Å². The molecule has 22 heavy (non-hydrogen) atoms. The fraction of sp³-hybridized carbons (Fsp3) is 0.133. The van der Waals surface area contributed by atoms with Crippen LogP contribution in [0.2, 0.25) is 0 Å². The molecule has 0 aliphatic rings. The van der Waals surface area contributed by atoms with Crippen LogP contribution in [0, 0.1) is 44.5 Å². The van der Waals surface area contributed by atoms with Gasteiger partial charge in [0.15, 0.2) is 0 Å². The second-order valence-electron chi connectivity index (χ2n) is 3.04. The molecule has 1 atom stereocenters. The minimum absolute atomic E-state index is 0. The summed E-state index contributed by atoms with van der Waals surface area (Å²) < 4.78 is 40.6. The summed E-state index contributed by atoms with van der Waals surface area (Å²) in [6, 6.07) is 17.0. The van der Waals surface area contributed by atoms with Crippen molar-refractivity contribution in [3.05, 3.63) is 67.4 Å². The number of aryl methyl sites for hydroxylation is 1. The van der Waals surface area contributed by atoms with Gasteiger partial charge in [0.25, 0.3) is 0 Å². The summed E-state index contributed by atoms with van der Waals surface area (Å²) in [6.07, 6.45) is 0. The van der Waals surface area contributed by atoms with Crippen molar-refractivity contribution < 1.29 is 39.9 Å². The van der Waals surface area contributed by atoms with E-state index in [1.54, 1.807) is 12.1 Å². The number of ether oxygens (including phenoxy) is 1. The van der Waals surface area contributed by atoms with Gasteiger partial charge < -0.3 is 39.1 Å². The summed E-state index contributed by atoms with van der Waals surface area (Å²) in [4.78, 5) is 0.269. The Bertz CT molecular complexity index is 526. The Labute approximate surface area is 143 Å². The summed E-state index contributed by atoms with van der Waals surface area (Å²) in [6.45, 7) is 10.9. The minimum Gasteiger partial charge on any atom is 0 e. The number of benzene rings is 1. The van der Waals surface area contributed by atoms with E-state index in [2.05, 4.69) is 37.6 Å². The minimum atomic E-state index is -2.14. The average molecular weight is 358 g/mol. The zero-order chi connectivity index (χ0) is 16.7. The van der Waals surface area contributed by atoms with Crippen LogP contribution < -0.4 is 4.74 Å². The molecule has 2 aromatic carbocycles. The van der Waals surface area contributed by atoms with Crippen LogP contribution >= 0.6 is 0 Å². The van der Waals surface area contributed by atoms with E-state index in [1.165, 1.54) is 19.2 Å². The van der Waals surface area contributed by atoms with Gasteiger partial charge in [-0.05, 0) is 35.3 Å². The van der Waals surface area contributed by atoms with Gasteiger partial charge in [-0.1, -0.05) is 0 Å². The first-order chi connectivity index (χ1) is 10.1. The van der Waals surface area contributed by atoms with Crippen LogP contribution in [-0.4, -0.2) is 15.9 Å². The van der Waals surface area contributed by atoms with Crippen molar-refractivity contribution in [3.8, 4) is 5.75 Å². The molecule has 0 aliphatic heterocycles. The molecule has 2 aromatic rings. The number of hydrogen-bond acceptors (Lipinski definition) is 3. The largest absolute Gasteiger partial charge is 0 e. The third-order valence-corrected chi connectivity index (χ3v) is 2.47. The molecule has 0 N–H and O–H groups in total. The molecule has 2 rings (SSSR count). The van der Waals surface area contributed by atoms with Crippen molar-refractivity contribution in [2.45, 2.75) is 11.8 Å². The van der Waals surface area contributed by atoms with Crippen LogP contribution in [0.15, 0.2) is 29.2 Å². The van der Waals surface area contributed by atoms with Crippen molar-refractivity contribution in [1.82, 2.24) is 0 Å². The van der Waals surface area contributed by atoms with E-state index in [0.29, 0.717) is 5.75 Å². The van der Waals surface area contributed by atoms with Crippen molar-refractivity contribution in [2.24, 2.45) is 0 Å². The maximum atomic E-state index is 10.4. The van der Waals surface area contributed by atoms with Crippen LogP contribution in [-0.2, 0) is 37.5 Å². The predicted octanol–water partition coefficient (Wildman–Crippen LogP) is 1.77. The van der Waals surface area contributed by atoms with Crippen molar-refractivity contribution in [1.29, 1.82) is 0 Å². The molecule has 120 valence electrons. The Kier molecular flexibility index (Phi) is 20.3. The Hall–Kier alpha value is -1.52. The fourth-order valence-electron chi connectivity index (χ4n) is 0.968. The van der Waals surface area contributed by atoms with Gasteiger partial charge in [-0.2, -0.15) is 0 Å². The molecule has 0 saturated heterocycles. The van der Waals surface area contributed by atoms with Crippen LogP contribution in [0.1, 0.15) is 5.56 Å². The smallest absolute Gasteiger partial charge is 0 e. The molecular formula is C15H10FeO5S-6. The number of methoxy groups -OCH3 is 1. The molecule has 0 heterocycles. The molecule has 5 nitrogen and oxygen atoms in total. The molecule has 0 bridgehead atoms. The third-order valence-electron chi connectivity index (χ3n) is 1.81. The van der Waals surface area contributed by atoms with E-state index in [1.807, 2.05) is 6.92 Å². The third kappa shape index (κ3) is 12.2. The monoisotopic (exact) mass is 358 g/mol. The molecule has 0 saturated carbocycles. The summed E-state index contributed by atoms with van der Waals surface area (Å²) in [5.41, 5.74) is 0.981. The summed E-state index contributed by atoms with van der Waals surface area (Å²) in [5, 5.41) is 0. The zero-order valence-corrected chi connectivity index (χ0v) is 13.5. The molecule has 0 amide bonds. The Morgan fingerprint density at radius 1 is 1.14 bits per heavy atom. The summed E-state index contributed by atoms with van der Waals surface area (Å²) in [5.74, 6) is 0.652. The normalized spacial score (nSPS) is 8.86. The predicted molar refractivity (Wildman–Crippen MR) is 70.2 cm³/mol. The SMILES string of the molecule is COc1ccc(S(=O)[O-])cc1.C[c-]1[c-][c-][c-][c-]1.[C-]#[O+].[C-]#[O+].[Fe]. The summed E-state index contributed by atoms with van der Waals surface area (Å²) >= 11 is -2.14. The van der Waals surface area contributed by atoms with Crippen molar-refractivity contribution in [2.75, 3.05) is 7.11 Å². The number of rotatable bonds is 2. The standard InChI is InChI=1S/C7H8O3S.C6H3.2CO.Fe/c1-10-6-2-4-7(5-3-6)11(8)9;1-6-4-2-3-5-6;2*1-2;/h2-5H,1H3,(H,8,9);1H3;;;/q;-5;;;/p-1. The van der Waals surface area contributed by atoms with Crippen LogP contribution in [0.4, 0.5) is 0 Å². The van der Waals surface area contributed by atoms with E-state index < -0.39 is 11.1 Å². The first kappa shape index (κ1) is 25.4. The second kappa shape index (κ2) is 17.5. The molecule has 1 unspecified atom stereocenters. The molecule has 0 radical (unpaired) electrons. The van der Waals surface area contributed by atoms with Gasteiger partial charge in [0.05, 0.1) is 7.11 Å². The Balaban J connectivity index is -0.000000280. The van der Waals surface area contributed by atoms with Gasteiger partial charge in [0.2, 0.25) is 0 Å². The maximum absolute atomic E-state index is 10.4. The van der Waals surface area contributed by atoms with E-state index >= 15 is 0 Å². The van der Waals surface area contributed by atoms with Crippen molar-refractivity contribution in [3.63, 3.8) is 0 Å². The molecule has 0 fully saturated rings. The number of hydrogen-bond donors (Lipinski definition) is 0. The zero-order valence-electron chi connectivity index (χ0n) is 11.6. The Morgan fingerprint density at radius 2 is 1.55 bits per heavy atom. The molecular weight excluding hydrogens is 348 g/mol. The quantitative estimate of drug-likeness (QED) is 0.355. The Morgan fingerprint density at radius 3 is 1.77 bits per heavy atom. The van der Waals surface area contributed by atoms with Gasteiger partial charge in [-0.15, -0.1) is 0 Å². The second-order valence-corrected chi connectivity index (χ2v) is 3.98. The van der Waals surface area contributed by atoms with Gasteiger partial charge in [-0.25, -0.2) is 6.92 Å². The maximum Gasteiger partial charge on any atom is 0 e. The van der Waals surface area contributed by atoms with Gasteiger partial charge in [0.1, 0.15) is 5.75 Å². The van der Waals surface area contributed by atoms with E-state index in [-0.39, 0.29) is 22.0 Å². The topological polar surface area (TPSA) is 89.2 Å². The molecule has 0 aromatic heterocycles. The van der Waals surface area contributed by atoms with Crippen LogP contribution in [0.3, 0.4) is 0 Å². The van der Waals surface area contributed by atoms with Crippen LogP contribution in [0.5, 0.6) is 5.75 Å². The van der Waals surface area contributed by atoms with Gasteiger partial charge >= 0.3 is 22.6 Å². The van der Waals surface area contributed by atoms with E-state index in [0.717, 1.165) is 5.56 Å². The summed E-state index contributed by atoms with van der Waals surface area (Å²) in [7, 11) is 1.53. The first-order valence-corrected chi connectivity index (χ1v) is 6.20. The van der Waals surface area contributed by atoms with Crippen LogP contribution in [0.25, 0.3) is 0 Å².